The van der Waals surface area contributed by atoms with Gasteiger partial charge in [-0.05, 0) is 51.3 Å². The van der Waals surface area contributed by atoms with Gasteiger partial charge in [0.2, 0.25) is 5.91 Å². The molecule has 1 heterocycles. The topological polar surface area (TPSA) is 71.5 Å². The lowest BCUT2D eigenvalue weighted by Gasteiger charge is -2.24. The molecule has 1 aromatic rings. The summed E-state index contributed by atoms with van der Waals surface area (Å²) in [5, 5.41) is 2.52. The zero-order chi connectivity index (χ0) is 16.2. The van der Waals surface area contributed by atoms with Crippen molar-refractivity contribution in [1.29, 1.82) is 0 Å². The van der Waals surface area contributed by atoms with Crippen LogP contribution in [0.25, 0.3) is 0 Å². The zero-order valence-corrected chi connectivity index (χ0v) is 13.3. The maximum absolute atomic E-state index is 12.3. The highest BCUT2D eigenvalue weighted by molar-refractivity contribution is 5.82. The Hall–Kier alpha value is -2.11. The van der Waals surface area contributed by atoms with E-state index in [1.165, 1.54) is 0 Å². The first-order chi connectivity index (χ1) is 10.3. The second-order valence-corrected chi connectivity index (χ2v) is 6.46. The largest absolute Gasteiger partial charge is 0.444 e. The molecule has 0 aromatic carbocycles. The first kappa shape index (κ1) is 16.3. The van der Waals surface area contributed by atoms with Crippen molar-refractivity contribution in [3.05, 3.63) is 30.1 Å². The van der Waals surface area contributed by atoms with Crippen molar-refractivity contribution in [2.45, 2.75) is 51.8 Å². The summed E-state index contributed by atoms with van der Waals surface area (Å²) in [4.78, 5) is 29.7. The first-order valence-corrected chi connectivity index (χ1v) is 7.50. The van der Waals surface area contributed by atoms with E-state index < -0.39 is 11.7 Å². The van der Waals surface area contributed by atoms with Crippen LogP contribution < -0.4 is 5.32 Å². The summed E-state index contributed by atoms with van der Waals surface area (Å²) in [6.45, 7) is 5.86. The van der Waals surface area contributed by atoms with Crippen LogP contribution in [-0.4, -0.2) is 40.1 Å². The van der Waals surface area contributed by atoms with Crippen molar-refractivity contribution in [1.82, 2.24) is 15.2 Å². The van der Waals surface area contributed by atoms with Gasteiger partial charge in [0, 0.05) is 25.0 Å². The van der Waals surface area contributed by atoms with Gasteiger partial charge in [-0.1, -0.05) is 0 Å². The average molecular weight is 305 g/mol. The van der Waals surface area contributed by atoms with E-state index in [-0.39, 0.29) is 18.5 Å². The second kappa shape index (κ2) is 6.77. The van der Waals surface area contributed by atoms with Crippen LogP contribution in [0.4, 0.5) is 4.79 Å². The third kappa shape index (κ3) is 5.35. The molecule has 1 N–H and O–H groups in total. The Kier molecular flexibility index (Phi) is 5.00. The molecule has 0 atom stereocenters. The van der Waals surface area contributed by atoms with E-state index in [2.05, 4.69) is 10.3 Å². The Balaban J connectivity index is 1.87. The molecule has 0 radical (unpaired) electrons. The predicted octanol–water partition coefficient (Wildman–Crippen LogP) is 2.10. The molecule has 2 rings (SSSR count). The maximum atomic E-state index is 12.3. The number of carbonyl (C=O) groups excluding carboxylic acids is 2. The third-order valence-electron chi connectivity index (χ3n) is 3.19. The van der Waals surface area contributed by atoms with Gasteiger partial charge < -0.3 is 15.0 Å². The molecule has 1 aliphatic rings. The van der Waals surface area contributed by atoms with Crippen LogP contribution in [0.15, 0.2) is 24.5 Å². The van der Waals surface area contributed by atoms with E-state index >= 15 is 0 Å². The minimum absolute atomic E-state index is 0.0451. The Morgan fingerprint density at radius 2 is 1.95 bits per heavy atom. The minimum Gasteiger partial charge on any atom is -0.444 e. The summed E-state index contributed by atoms with van der Waals surface area (Å²) in [6.07, 6.45) is 4.89. The van der Waals surface area contributed by atoms with Crippen molar-refractivity contribution in [2.24, 2.45) is 0 Å². The molecular weight excluding hydrogens is 282 g/mol. The second-order valence-electron chi connectivity index (χ2n) is 6.46. The fourth-order valence-electron chi connectivity index (χ4n) is 2.06. The molecule has 6 heteroatoms. The molecule has 2 amide bonds. The van der Waals surface area contributed by atoms with E-state index in [0.717, 1.165) is 18.4 Å². The van der Waals surface area contributed by atoms with Gasteiger partial charge in [-0.3, -0.25) is 9.78 Å². The number of carbonyl (C=O) groups is 2. The van der Waals surface area contributed by atoms with Gasteiger partial charge in [-0.15, -0.1) is 0 Å². The van der Waals surface area contributed by atoms with E-state index in [0.29, 0.717) is 6.54 Å². The van der Waals surface area contributed by atoms with E-state index in [1.54, 1.807) is 33.2 Å². The quantitative estimate of drug-likeness (QED) is 0.904. The Bertz CT molecular complexity index is 521. The van der Waals surface area contributed by atoms with E-state index in [1.807, 2.05) is 17.0 Å². The molecule has 22 heavy (non-hydrogen) atoms. The molecule has 0 unspecified atom stereocenters. The van der Waals surface area contributed by atoms with Gasteiger partial charge in [0.05, 0.1) is 0 Å². The lowest BCUT2D eigenvalue weighted by Crippen LogP contribution is -2.42. The zero-order valence-electron chi connectivity index (χ0n) is 13.3. The third-order valence-corrected chi connectivity index (χ3v) is 3.19. The molecule has 120 valence electrons. The van der Waals surface area contributed by atoms with Gasteiger partial charge >= 0.3 is 6.09 Å². The molecule has 1 aliphatic carbocycles. The molecular formula is C16H23N3O3. The smallest absolute Gasteiger partial charge is 0.408 e. The standard InChI is InChI=1S/C16H23N3O3/c1-16(2,3)22-15(21)18-10-14(20)19(13-4-5-13)11-12-6-8-17-9-7-12/h6-9,13H,4-5,10-11H2,1-3H3,(H,18,21). The summed E-state index contributed by atoms with van der Waals surface area (Å²) in [7, 11) is 0. The van der Waals surface area contributed by atoms with Gasteiger partial charge in [0.15, 0.2) is 0 Å². The van der Waals surface area contributed by atoms with Crippen molar-refractivity contribution in [2.75, 3.05) is 6.54 Å². The van der Waals surface area contributed by atoms with Gasteiger partial charge in [-0.25, -0.2) is 4.79 Å². The van der Waals surface area contributed by atoms with Crippen LogP contribution in [0.5, 0.6) is 0 Å². The van der Waals surface area contributed by atoms with Crippen molar-refractivity contribution in [3.63, 3.8) is 0 Å². The molecule has 6 nitrogen and oxygen atoms in total. The van der Waals surface area contributed by atoms with Crippen LogP contribution in [0.1, 0.15) is 39.2 Å². The molecule has 0 spiro atoms. The lowest BCUT2D eigenvalue weighted by molar-refractivity contribution is -0.131. The number of alkyl carbamates (subject to hydrolysis) is 1. The number of ether oxygens (including phenoxy) is 1. The molecule has 0 aliphatic heterocycles. The van der Waals surface area contributed by atoms with Crippen molar-refractivity contribution < 1.29 is 14.3 Å². The first-order valence-electron chi connectivity index (χ1n) is 7.50. The molecule has 1 fully saturated rings. The van der Waals surface area contributed by atoms with Crippen molar-refractivity contribution >= 4 is 12.0 Å². The number of pyridine rings is 1. The predicted molar refractivity (Wildman–Crippen MR) is 82.0 cm³/mol. The van der Waals surface area contributed by atoms with Gasteiger partial charge in [0.1, 0.15) is 12.1 Å². The lowest BCUT2D eigenvalue weighted by atomic mass is 10.2. The number of hydrogen-bond acceptors (Lipinski definition) is 4. The van der Waals surface area contributed by atoms with Gasteiger partial charge in [0.25, 0.3) is 0 Å². The number of nitrogens with zero attached hydrogens (tertiary/aromatic N) is 2. The van der Waals surface area contributed by atoms with Crippen LogP contribution >= 0.6 is 0 Å². The highest BCUT2D eigenvalue weighted by Crippen LogP contribution is 2.28. The number of aromatic nitrogens is 1. The number of nitrogens with one attached hydrogen (secondary N) is 1. The minimum atomic E-state index is -0.569. The Morgan fingerprint density at radius 3 is 2.50 bits per heavy atom. The Morgan fingerprint density at radius 1 is 1.32 bits per heavy atom. The summed E-state index contributed by atoms with van der Waals surface area (Å²) >= 11 is 0. The highest BCUT2D eigenvalue weighted by atomic mass is 16.6. The van der Waals surface area contributed by atoms with Crippen LogP contribution in [0, 0.1) is 0 Å². The highest BCUT2D eigenvalue weighted by Gasteiger charge is 2.32. The number of hydrogen-bond donors (Lipinski definition) is 1. The maximum Gasteiger partial charge on any atom is 0.408 e. The van der Waals surface area contributed by atoms with Crippen LogP contribution in [0.2, 0.25) is 0 Å². The average Bonchev–Trinajstić information content (AvgIpc) is 3.26. The number of rotatable bonds is 5. The van der Waals surface area contributed by atoms with Gasteiger partial charge in [-0.2, -0.15) is 0 Å². The molecule has 0 bridgehead atoms. The van der Waals surface area contributed by atoms with E-state index in [9.17, 15) is 9.59 Å². The number of amides is 2. The van der Waals surface area contributed by atoms with E-state index in [4.69, 9.17) is 4.74 Å². The van der Waals surface area contributed by atoms with Crippen molar-refractivity contribution in [3.8, 4) is 0 Å². The summed E-state index contributed by atoms with van der Waals surface area (Å²) in [5.74, 6) is -0.0924. The normalized spacial score (nSPS) is 14.3. The fourth-order valence-corrected chi connectivity index (χ4v) is 2.06. The SMILES string of the molecule is CC(C)(C)OC(=O)NCC(=O)N(Cc1ccncc1)C1CC1. The molecule has 0 saturated heterocycles. The summed E-state index contributed by atoms with van der Waals surface area (Å²) < 4.78 is 5.13. The fraction of sp³-hybridized carbons (Fsp3) is 0.562. The monoisotopic (exact) mass is 305 g/mol. The Labute approximate surface area is 130 Å². The van der Waals surface area contributed by atoms with Crippen LogP contribution in [0.3, 0.4) is 0 Å². The summed E-state index contributed by atoms with van der Waals surface area (Å²) in [6, 6.07) is 4.06. The molecule has 1 saturated carbocycles. The summed E-state index contributed by atoms with van der Waals surface area (Å²) in [5.41, 5.74) is 0.466. The molecule has 1 aromatic heterocycles. The van der Waals surface area contributed by atoms with Crippen LogP contribution in [-0.2, 0) is 16.1 Å².